The molecule has 2 atom stereocenters. The Hall–Kier alpha value is -2.14. The van der Waals surface area contributed by atoms with Crippen molar-refractivity contribution in [3.8, 4) is 0 Å². The monoisotopic (exact) mass is 288 g/mol. The van der Waals surface area contributed by atoms with Crippen LogP contribution in [0, 0.1) is 5.82 Å². The summed E-state index contributed by atoms with van der Waals surface area (Å²) < 4.78 is 19.0. The Kier molecular flexibility index (Phi) is 4.01. The van der Waals surface area contributed by atoms with Gasteiger partial charge in [0, 0.05) is 30.1 Å². The predicted molar refractivity (Wildman–Crippen MR) is 75.9 cm³/mol. The zero-order valence-corrected chi connectivity index (χ0v) is 11.5. The van der Waals surface area contributed by atoms with Gasteiger partial charge in [-0.2, -0.15) is 0 Å². The fraction of sp³-hybridized carbons (Fsp3) is 0.312. The molecular formula is C16H17FN2O2. The molecule has 21 heavy (non-hydrogen) atoms. The maximum Gasteiger partial charge on any atom is 0.220 e. The maximum atomic E-state index is 14.0. The highest BCUT2D eigenvalue weighted by Crippen LogP contribution is 2.26. The molecule has 0 bridgehead atoms. The number of carbonyl (C=O) groups is 1. The third-order valence-electron chi connectivity index (χ3n) is 3.79. The molecule has 1 aromatic carbocycles. The summed E-state index contributed by atoms with van der Waals surface area (Å²) in [5.74, 6) is -0.329. The number of amides is 1. The number of hydrogen-bond acceptors (Lipinski definition) is 3. The molecule has 1 fully saturated rings. The molecule has 0 radical (unpaired) electrons. The highest BCUT2D eigenvalue weighted by molar-refractivity contribution is 5.77. The first-order chi connectivity index (χ1) is 10.2. The lowest BCUT2D eigenvalue weighted by atomic mass is 9.91. The number of furan rings is 1. The standard InChI is InChI=1S/C16H17FN2O2/c17-13-4-2-1-3-12(13)16-14(5-6-15(20)19-16)18-9-11-7-8-21-10-11/h1-4,7-8,10,14,16,18H,5-6,9H2,(H,19,20)/t14-,16+/m1/s1. The van der Waals surface area contributed by atoms with E-state index >= 15 is 0 Å². The summed E-state index contributed by atoms with van der Waals surface area (Å²) >= 11 is 0. The van der Waals surface area contributed by atoms with Crippen molar-refractivity contribution in [2.45, 2.75) is 31.5 Å². The Morgan fingerprint density at radius 3 is 2.95 bits per heavy atom. The van der Waals surface area contributed by atoms with E-state index in [4.69, 9.17) is 4.42 Å². The second kappa shape index (κ2) is 6.10. The minimum absolute atomic E-state index is 0.00509. The van der Waals surface area contributed by atoms with Crippen molar-refractivity contribution in [1.29, 1.82) is 0 Å². The molecule has 1 saturated heterocycles. The summed E-state index contributed by atoms with van der Waals surface area (Å²) in [5, 5.41) is 6.27. The van der Waals surface area contributed by atoms with Crippen LogP contribution in [0.4, 0.5) is 4.39 Å². The Morgan fingerprint density at radius 2 is 2.19 bits per heavy atom. The van der Waals surface area contributed by atoms with Crippen molar-refractivity contribution >= 4 is 5.91 Å². The van der Waals surface area contributed by atoms with Crippen LogP contribution in [0.2, 0.25) is 0 Å². The van der Waals surface area contributed by atoms with E-state index in [-0.39, 0.29) is 23.8 Å². The van der Waals surface area contributed by atoms with Gasteiger partial charge in [0.15, 0.2) is 0 Å². The molecule has 3 rings (SSSR count). The lowest BCUT2D eigenvalue weighted by molar-refractivity contribution is -0.123. The van der Waals surface area contributed by atoms with E-state index in [1.807, 2.05) is 6.07 Å². The highest BCUT2D eigenvalue weighted by Gasteiger charge is 2.31. The van der Waals surface area contributed by atoms with Gasteiger partial charge in [-0.15, -0.1) is 0 Å². The summed E-state index contributed by atoms with van der Waals surface area (Å²) in [6.07, 6.45) is 4.43. The van der Waals surface area contributed by atoms with Gasteiger partial charge < -0.3 is 15.1 Å². The largest absolute Gasteiger partial charge is 0.472 e. The van der Waals surface area contributed by atoms with Gasteiger partial charge in [0.25, 0.3) is 0 Å². The second-order valence-electron chi connectivity index (χ2n) is 5.22. The van der Waals surface area contributed by atoms with Crippen LogP contribution in [0.3, 0.4) is 0 Å². The summed E-state index contributed by atoms with van der Waals surface area (Å²) in [6.45, 7) is 0.627. The van der Waals surface area contributed by atoms with Crippen LogP contribution in [0.5, 0.6) is 0 Å². The molecule has 0 unspecified atom stereocenters. The van der Waals surface area contributed by atoms with Gasteiger partial charge in [-0.25, -0.2) is 4.39 Å². The van der Waals surface area contributed by atoms with E-state index in [9.17, 15) is 9.18 Å². The molecule has 2 N–H and O–H groups in total. The van der Waals surface area contributed by atoms with E-state index in [0.29, 0.717) is 24.9 Å². The van der Waals surface area contributed by atoms with Crippen LogP contribution >= 0.6 is 0 Å². The molecule has 1 amide bonds. The van der Waals surface area contributed by atoms with Gasteiger partial charge in [-0.1, -0.05) is 18.2 Å². The summed E-state index contributed by atoms with van der Waals surface area (Å²) in [4.78, 5) is 11.7. The van der Waals surface area contributed by atoms with Gasteiger partial charge in [0.2, 0.25) is 5.91 Å². The molecule has 1 aliphatic heterocycles. The molecule has 110 valence electrons. The minimum Gasteiger partial charge on any atom is -0.472 e. The van der Waals surface area contributed by atoms with Gasteiger partial charge in [-0.05, 0) is 18.6 Å². The average Bonchev–Trinajstić information content (AvgIpc) is 3.00. The molecule has 1 aliphatic rings. The number of carbonyl (C=O) groups excluding carboxylic acids is 1. The van der Waals surface area contributed by atoms with E-state index in [1.165, 1.54) is 6.07 Å². The molecule has 0 aliphatic carbocycles. The highest BCUT2D eigenvalue weighted by atomic mass is 19.1. The smallest absolute Gasteiger partial charge is 0.220 e. The van der Waals surface area contributed by atoms with E-state index in [1.54, 1.807) is 30.7 Å². The van der Waals surface area contributed by atoms with E-state index in [2.05, 4.69) is 10.6 Å². The third-order valence-corrected chi connectivity index (χ3v) is 3.79. The lowest BCUT2D eigenvalue weighted by Crippen LogP contribution is -2.48. The Bertz CT molecular complexity index is 612. The molecule has 2 aromatic rings. The SMILES string of the molecule is O=C1CC[C@@H](NCc2ccoc2)[C@H](c2ccccc2F)N1. The van der Waals surface area contributed by atoms with Crippen molar-refractivity contribution in [1.82, 2.24) is 10.6 Å². The van der Waals surface area contributed by atoms with Crippen LogP contribution < -0.4 is 10.6 Å². The maximum absolute atomic E-state index is 14.0. The van der Waals surface area contributed by atoms with Gasteiger partial charge in [0.05, 0.1) is 18.6 Å². The number of benzene rings is 1. The summed E-state index contributed by atoms with van der Waals surface area (Å²) in [7, 11) is 0. The fourth-order valence-electron chi connectivity index (χ4n) is 2.68. The molecule has 1 aromatic heterocycles. The normalized spacial score (nSPS) is 22.0. The quantitative estimate of drug-likeness (QED) is 0.909. The van der Waals surface area contributed by atoms with Gasteiger partial charge in [0.1, 0.15) is 5.82 Å². The molecule has 0 saturated carbocycles. The number of nitrogens with one attached hydrogen (secondary N) is 2. The van der Waals surface area contributed by atoms with Crippen molar-refractivity contribution < 1.29 is 13.6 Å². The number of halogens is 1. The minimum atomic E-state index is -0.348. The molecule has 0 spiro atoms. The first kappa shape index (κ1) is 13.8. The Labute approximate surface area is 122 Å². The average molecular weight is 288 g/mol. The first-order valence-corrected chi connectivity index (χ1v) is 7.02. The topological polar surface area (TPSA) is 54.3 Å². The van der Waals surface area contributed by atoms with Crippen LogP contribution in [0.1, 0.15) is 30.0 Å². The Balaban J connectivity index is 1.76. The molecular weight excluding hydrogens is 271 g/mol. The molecule has 2 heterocycles. The fourth-order valence-corrected chi connectivity index (χ4v) is 2.68. The van der Waals surface area contributed by atoms with Crippen LogP contribution in [-0.2, 0) is 11.3 Å². The second-order valence-corrected chi connectivity index (χ2v) is 5.22. The van der Waals surface area contributed by atoms with E-state index < -0.39 is 0 Å². The molecule has 5 heteroatoms. The van der Waals surface area contributed by atoms with Crippen LogP contribution in [0.15, 0.2) is 47.3 Å². The summed E-state index contributed by atoms with van der Waals surface area (Å²) in [6, 6.07) is 8.10. The van der Waals surface area contributed by atoms with Gasteiger partial charge in [-0.3, -0.25) is 4.79 Å². The van der Waals surface area contributed by atoms with Crippen molar-refractivity contribution in [3.63, 3.8) is 0 Å². The lowest BCUT2D eigenvalue weighted by Gasteiger charge is -2.33. The van der Waals surface area contributed by atoms with E-state index in [0.717, 1.165) is 5.56 Å². The van der Waals surface area contributed by atoms with Crippen LogP contribution in [0.25, 0.3) is 0 Å². The zero-order valence-electron chi connectivity index (χ0n) is 11.5. The first-order valence-electron chi connectivity index (χ1n) is 7.02. The predicted octanol–water partition coefficient (Wildman–Crippen LogP) is 2.53. The van der Waals surface area contributed by atoms with Crippen molar-refractivity contribution in [2.75, 3.05) is 0 Å². The van der Waals surface area contributed by atoms with Crippen LogP contribution in [-0.4, -0.2) is 11.9 Å². The number of piperidine rings is 1. The van der Waals surface area contributed by atoms with Crippen molar-refractivity contribution in [2.24, 2.45) is 0 Å². The summed E-state index contributed by atoms with van der Waals surface area (Å²) in [5.41, 5.74) is 1.55. The third kappa shape index (κ3) is 3.13. The zero-order chi connectivity index (χ0) is 14.7. The Morgan fingerprint density at radius 1 is 1.33 bits per heavy atom. The van der Waals surface area contributed by atoms with Gasteiger partial charge >= 0.3 is 0 Å². The number of hydrogen-bond donors (Lipinski definition) is 2. The molecule has 4 nitrogen and oxygen atoms in total. The number of rotatable bonds is 4. The van der Waals surface area contributed by atoms with Crippen molar-refractivity contribution in [3.05, 3.63) is 59.8 Å².